The van der Waals surface area contributed by atoms with Crippen LogP contribution in [0.15, 0.2) is 67.0 Å². The highest BCUT2D eigenvalue weighted by atomic mass is 16.5. The van der Waals surface area contributed by atoms with E-state index in [1.165, 1.54) is 0 Å². The van der Waals surface area contributed by atoms with Crippen LogP contribution in [-0.2, 0) is 33.1 Å². The number of pyridine rings is 2. The molecule has 0 saturated carbocycles. The largest absolute Gasteiger partial charge is 0.481 e. The Bertz CT molecular complexity index is 2120. The van der Waals surface area contributed by atoms with Crippen molar-refractivity contribution in [2.75, 3.05) is 35.7 Å². The Hall–Kier alpha value is -5.55. The molecule has 5 aromatic rings. The Kier molecular flexibility index (Phi) is 9.55. The SMILES string of the molecule is CCCCN1CCc2c(nc(C(=O)Nc3cccc(-c4cccc(NC(=O)c5cc6c(cn5)CN(c5ccnc(OC)c5)C6)c4C)c3C)n2C)C1. The first-order valence-electron chi connectivity index (χ1n) is 17.6. The highest BCUT2D eigenvalue weighted by Gasteiger charge is 2.26. The van der Waals surface area contributed by atoms with Crippen molar-refractivity contribution in [3.05, 3.63) is 112 Å². The molecule has 0 radical (unpaired) electrons. The average Bonchev–Trinajstić information content (AvgIpc) is 3.73. The molecule has 0 fully saturated rings. The second-order valence-corrected chi connectivity index (χ2v) is 13.4. The van der Waals surface area contributed by atoms with Gasteiger partial charge in [-0.05, 0) is 84.5 Å². The highest BCUT2D eigenvalue weighted by molar-refractivity contribution is 6.05. The van der Waals surface area contributed by atoms with Crippen LogP contribution in [-0.4, -0.2) is 56.4 Å². The van der Waals surface area contributed by atoms with Gasteiger partial charge in [-0.25, -0.2) is 9.97 Å². The zero-order valence-corrected chi connectivity index (χ0v) is 29.9. The first-order chi connectivity index (χ1) is 24.7. The molecule has 0 spiro atoms. The van der Waals surface area contributed by atoms with Crippen molar-refractivity contribution in [2.45, 2.75) is 59.7 Å². The van der Waals surface area contributed by atoms with Gasteiger partial charge in [0.25, 0.3) is 11.8 Å². The van der Waals surface area contributed by atoms with Crippen molar-refractivity contribution in [1.29, 1.82) is 0 Å². The van der Waals surface area contributed by atoms with Gasteiger partial charge in [-0.1, -0.05) is 37.6 Å². The first kappa shape index (κ1) is 33.9. The summed E-state index contributed by atoms with van der Waals surface area (Å²) in [4.78, 5) is 45.3. The number of unbranched alkanes of at least 4 members (excludes halogenated alkanes) is 1. The van der Waals surface area contributed by atoms with Crippen LogP contribution >= 0.6 is 0 Å². The molecule has 0 saturated heterocycles. The number of carbonyl (C=O) groups excluding carboxylic acids is 2. The van der Waals surface area contributed by atoms with E-state index >= 15 is 0 Å². The Morgan fingerprint density at radius 2 is 1.59 bits per heavy atom. The van der Waals surface area contributed by atoms with Crippen LogP contribution in [0.2, 0.25) is 0 Å². The number of rotatable bonds is 10. The van der Waals surface area contributed by atoms with E-state index in [4.69, 9.17) is 9.72 Å². The second-order valence-electron chi connectivity index (χ2n) is 13.4. The summed E-state index contributed by atoms with van der Waals surface area (Å²) >= 11 is 0. The summed E-state index contributed by atoms with van der Waals surface area (Å²) in [5, 5.41) is 6.23. The van der Waals surface area contributed by atoms with E-state index in [2.05, 4.69) is 37.3 Å². The molecular weight excluding hydrogens is 640 g/mol. The number of hydrogen-bond acceptors (Lipinski definition) is 8. The number of fused-ring (bicyclic) bond motifs is 2. The van der Waals surface area contributed by atoms with Gasteiger partial charge in [0.2, 0.25) is 5.88 Å². The molecule has 0 unspecified atom stereocenters. The van der Waals surface area contributed by atoms with Crippen LogP contribution < -0.4 is 20.3 Å². The van der Waals surface area contributed by atoms with Gasteiger partial charge in [0.05, 0.1) is 12.8 Å². The van der Waals surface area contributed by atoms with Crippen molar-refractivity contribution < 1.29 is 14.3 Å². The van der Waals surface area contributed by atoms with Gasteiger partial charge in [0, 0.05) is 80.9 Å². The molecule has 0 aliphatic carbocycles. The molecule has 2 amide bonds. The molecule has 2 aliphatic rings. The van der Waals surface area contributed by atoms with Crippen molar-refractivity contribution >= 4 is 28.9 Å². The minimum atomic E-state index is -0.272. The summed E-state index contributed by atoms with van der Waals surface area (Å²) in [6.45, 7) is 10.4. The number of imidazole rings is 1. The second kappa shape index (κ2) is 14.4. The number of aromatic nitrogens is 4. The lowest BCUT2D eigenvalue weighted by Gasteiger charge is -2.26. The molecule has 3 aromatic heterocycles. The minimum absolute atomic E-state index is 0.226. The average molecular weight is 685 g/mol. The third-order valence-electron chi connectivity index (χ3n) is 10.2. The normalized spacial score (nSPS) is 13.9. The minimum Gasteiger partial charge on any atom is -0.481 e. The topological polar surface area (TPSA) is 118 Å². The van der Waals surface area contributed by atoms with E-state index in [9.17, 15) is 9.59 Å². The van der Waals surface area contributed by atoms with Crippen molar-refractivity contribution in [3.8, 4) is 17.0 Å². The van der Waals surface area contributed by atoms with Gasteiger partial charge < -0.3 is 24.8 Å². The quantitative estimate of drug-likeness (QED) is 0.167. The van der Waals surface area contributed by atoms with Crippen LogP contribution in [0.3, 0.4) is 0 Å². The molecule has 0 bridgehead atoms. The molecule has 2 N–H and O–H groups in total. The van der Waals surface area contributed by atoms with E-state index in [1.807, 2.05) is 80.1 Å². The zero-order valence-electron chi connectivity index (χ0n) is 29.9. The van der Waals surface area contributed by atoms with Crippen molar-refractivity contribution in [3.63, 3.8) is 0 Å². The fourth-order valence-corrected chi connectivity index (χ4v) is 7.14. The number of hydrogen-bond donors (Lipinski definition) is 2. The summed E-state index contributed by atoms with van der Waals surface area (Å²) in [7, 11) is 3.54. The van der Waals surface area contributed by atoms with Crippen molar-refractivity contribution in [1.82, 2.24) is 24.4 Å². The van der Waals surface area contributed by atoms with Gasteiger partial charge in [-0.2, -0.15) is 0 Å². The zero-order chi connectivity index (χ0) is 35.6. The summed E-state index contributed by atoms with van der Waals surface area (Å²) in [6.07, 6.45) is 6.73. The maximum absolute atomic E-state index is 13.6. The summed E-state index contributed by atoms with van der Waals surface area (Å²) in [5.41, 5.74) is 10.8. The number of amides is 2. The molecule has 2 aromatic carbocycles. The molecular formula is C40H44N8O3. The van der Waals surface area contributed by atoms with E-state index in [-0.39, 0.29) is 11.8 Å². The molecule has 11 nitrogen and oxygen atoms in total. The smallest absolute Gasteiger partial charge is 0.291 e. The van der Waals surface area contributed by atoms with Gasteiger partial charge in [0.15, 0.2) is 5.82 Å². The molecule has 7 rings (SSSR count). The van der Waals surface area contributed by atoms with Gasteiger partial charge in [-0.15, -0.1) is 0 Å². The predicted molar refractivity (Wildman–Crippen MR) is 199 cm³/mol. The predicted octanol–water partition coefficient (Wildman–Crippen LogP) is 6.69. The molecule has 2 aliphatic heterocycles. The summed E-state index contributed by atoms with van der Waals surface area (Å²) < 4.78 is 7.24. The van der Waals surface area contributed by atoms with Crippen LogP contribution in [0.5, 0.6) is 5.88 Å². The molecule has 51 heavy (non-hydrogen) atoms. The number of ether oxygens (including phenoxy) is 1. The monoisotopic (exact) mass is 684 g/mol. The molecule has 11 heteroatoms. The lowest BCUT2D eigenvalue weighted by atomic mass is 9.94. The number of carbonyl (C=O) groups is 2. The van der Waals surface area contributed by atoms with E-state index in [0.29, 0.717) is 36.2 Å². The van der Waals surface area contributed by atoms with E-state index < -0.39 is 0 Å². The van der Waals surface area contributed by atoms with Crippen LogP contribution in [0, 0.1) is 13.8 Å². The number of nitrogens with one attached hydrogen (secondary N) is 2. The fourth-order valence-electron chi connectivity index (χ4n) is 7.14. The molecule has 0 atom stereocenters. The van der Waals surface area contributed by atoms with Crippen LogP contribution in [0.1, 0.15) is 74.5 Å². The number of benzene rings is 2. The molecule has 5 heterocycles. The number of nitrogens with zero attached hydrogens (tertiary/aromatic N) is 6. The first-order valence-corrected chi connectivity index (χ1v) is 17.6. The molecule has 262 valence electrons. The third-order valence-corrected chi connectivity index (χ3v) is 10.2. The van der Waals surface area contributed by atoms with Crippen molar-refractivity contribution in [2.24, 2.45) is 7.05 Å². The van der Waals surface area contributed by atoms with Crippen LogP contribution in [0.25, 0.3) is 11.1 Å². The fraction of sp³-hybridized carbons (Fsp3) is 0.325. The Labute approximate surface area is 298 Å². The summed E-state index contributed by atoms with van der Waals surface area (Å²) in [6, 6.07) is 17.5. The standard InChI is InChI=1S/C40H44N8O3/c1-6-7-17-47-18-15-36-35(24-47)43-38(46(36)4)40(50)45-33-13-9-11-31(26(33)3)30-10-8-12-32(25(30)2)44-39(49)34-19-27-22-48(23-28(27)21-42-34)29-14-16-41-37(20-29)51-5/h8-14,16,19-21H,6-7,15,17-18,22-24H2,1-5H3,(H,44,49)(H,45,50). The lowest BCUT2D eigenvalue weighted by molar-refractivity contribution is 0.100. The van der Waals surface area contributed by atoms with Gasteiger partial charge in [0.1, 0.15) is 5.69 Å². The Morgan fingerprint density at radius 1 is 0.882 bits per heavy atom. The Morgan fingerprint density at radius 3 is 2.29 bits per heavy atom. The third kappa shape index (κ3) is 6.81. The van der Waals surface area contributed by atoms with E-state index in [0.717, 1.165) is 95.0 Å². The number of anilines is 3. The maximum Gasteiger partial charge on any atom is 0.291 e. The maximum atomic E-state index is 13.6. The van der Waals surface area contributed by atoms with Crippen LogP contribution in [0.4, 0.5) is 17.1 Å². The Balaban J connectivity index is 1.06. The van der Waals surface area contributed by atoms with E-state index in [1.54, 1.807) is 19.5 Å². The number of methoxy groups -OCH3 is 1. The summed E-state index contributed by atoms with van der Waals surface area (Å²) in [5.74, 6) is 0.484. The van der Waals surface area contributed by atoms with Gasteiger partial charge in [-0.3, -0.25) is 19.5 Å². The lowest BCUT2D eigenvalue weighted by Crippen LogP contribution is -2.31. The highest BCUT2D eigenvalue weighted by Crippen LogP contribution is 2.35. The van der Waals surface area contributed by atoms with Gasteiger partial charge >= 0.3 is 0 Å².